The molecule has 0 spiro atoms. The Kier molecular flexibility index (Phi) is 7.63. The van der Waals surface area contributed by atoms with Crippen LogP contribution in [-0.4, -0.2) is 30.9 Å². The van der Waals surface area contributed by atoms with Crippen molar-refractivity contribution in [3.63, 3.8) is 0 Å². The van der Waals surface area contributed by atoms with Gasteiger partial charge in [0.15, 0.2) is 6.61 Å². The average Bonchev–Trinajstić information content (AvgIpc) is 3.11. The second-order valence-electron chi connectivity index (χ2n) is 6.85. The number of carbonyl (C=O) groups is 3. The molecular weight excluding hydrogens is 390 g/mol. The Balaban J connectivity index is 1.38. The van der Waals surface area contributed by atoms with E-state index in [1.807, 2.05) is 12.1 Å². The van der Waals surface area contributed by atoms with Crippen LogP contribution in [0.3, 0.4) is 0 Å². The number of benzene rings is 1. The van der Waals surface area contributed by atoms with E-state index < -0.39 is 11.8 Å². The van der Waals surface area contributed by atoms with Crippen LogP contribution in [0.4, 0.5) is 0 Å². The Labute approximate surface area is 173 Å². The third kappa shape index (κ3) is 6.60. The molecule has 0 bridgehead atoms. The number of ether oxygens (including phenoxy) is 1. The van der Waals surface area contributed by atoms with Crippen molar-refractivity contribution < 1.29 is 19.1 Å². The van der Waals surface area contributed by atoms with E-state index in [0.29, 0.717) is 10.6 Å². The van der Waals surface area contributed by atoms with E-state index in [1.54, 1.807) is 24.3 Å². The predicted octanol–water partition coefficient (Wildman–Crippen LogP) is 2.36. The summed E-state index contributed by atoms with van der Waals surface area (Å²) in [5.41, 5.74) is 5.98. The van der Waals surface area contributed by atoms with Gasteiger partial charge < -0.3 is 10.1 Å². The summed E-state index contributed by atoms with van der Waals surface area (Å²) in [6.07, 6.45) is 6.78. The smallest absolute Gasteiger partial charge is 0.279 e. The zero-order chi connectivity index (χ0) is 20.5. The fraction of sp³-hybridized carbons (Fsp3) is 0.381. The van der Waals surface area contributed by atoms with Gasteiger partial charge in [-0.25, -0.2) is 0 Å². The maximum atomic E-state index is 12.3. The summed E-state index contributed by atoms with van der Waals surface area (Å²) < 4.78 is 5.30. The molecule has 1 aliphatic rings. The molecule has 1 aromatic carbocycles. The summed E-state index contributed by atoms with van der Waals surface area (Å²) in [5, 5.41) is 2.45. The Morgan fingerprint density at radius 1 is 0.931 bits per heavy atom. The van der Waals surface area contributed by atoms with Crippen molar-refractivity contribution in [1.29, 1.82) is 0 Å². The van der Waals surface area contributed by atoms with Gasteiger partial charge in [0.2, 0.25) is 0 Å². The first kappa shape index (κ1) is 20.9. The molecule has 1 aliphatic carbocycles. The SMILES string of the molecule is O=C(COc1ccccc1)NCC(=O)NNC(=O)c1cc2c(s1)CCCCCC2. The van der Waals surface area contributed by atoms with Crippen molar-refractivity contribution in [3.05, 3.63) is 51.7 Å². The molecule has 0 aliphatic heterocycles. The molecule has 1 aromatic heterocycles. The van der Waals surface area contributed by atoms with Crippen molar-refractivity contribution >= 4 is 29.1 Å². The monoisotopic (exact) mass is 415 g/mol. The molecule has 0 fully saturated rings. The minimum absolute atomic E-state index is 0.190. The van der Waals surface area contributed by atoms with Crippen LogP contribution in [0.15, 0.2) is 36.4 Å². The van der Waals surface area contributed by atoms with Gasteiger partial charge in [0.25, 0.3) is 17.7 Å². The van der Waals surface area contributed by atoms with Crippen molar-refractivity contribution in [3.8, 4) is 5.75 Å². The van der Waals surface area contributed by atoms with E-state index in [4.69, 9.17) is 4.74 Å². The number of thiophene rings is 1. The van der Waals surface area contributed by atoms with Crippen molar-refractivity contribution in [2.24, 2.45) is 0 Å². The topological polar surface area (TPSA) is 96.5 Å². The van der Waals surface area contributed by atoms with Crippen LogP contribution in [0, 0.1) is 0 Å². The molecule has 1 heterocycles. The Morgan fingerprint density at radius 3 is 2.48 bits per heavy atom. The number of rotatable bonds is 6. The highest BCUT2D eigenvalue weighted by Gasteiger charge is 2.16. The Hall–Kier alpha value is -2.87. The molecule has 8 heteroatoms. The largest absolute Gasteiger partial charge is 0.484 e. The second-order valence-corrected chi connectivity index (χ2v) is 7.99. The molecule has 29 heavy (non-hydrogen) atoms. The summed E-state index contributed by atoms with van der Waals surface area (Å²) >= 11 is 1.49. The molecule has 0 radical (unpaired) electrons. The fourth-order valence-electron chi connectivity index (χ4n) is 3.08. The molecule has 0 saturated carbocycles. The lowest BCUT2D eigenvalue weighted by atomic mass is 10.00. The van der Waals surface area contributed by atoms with Gasteiger partial charge in [-0.05, 0) is 49.4 Å². The zero-order valence-electron chi connectivity index (χ0n) is 16.2. The predicted molar refractivity (Wildman–Crippen MR) is 111 cm³/mol. The van der Waals surface area contributed by atoms with Crippen LogP contribution >= 0.6 is 11.3 Å². The summed E-state index contributed by atoms with van der Waals surface area (Å²) in [5.74, 6) is -0.701. The zero-order valence-corrected chi connectivity index (χ0v) is 17.0. The van der Waals surface area contributed by atoms with Crippen LogP contribution in [0.2, 0.25) is 0 Å². The molecule has 0 atom stereocenters. The minimum Gasteiger partial charge on any atom is -0.484 e. The van der Waals surface area contributed by atoms with Crippen LogP contribution in [0.1, 0.15) is 45.8 Å². The van der Waals surface area contributed by atoms with E-state index >= 15 is 0 Å². The molecule has 154 valence electrons. The molecule has 3 amide bonds. The van der Waals surface area contributed by atoms with Gasteiger partial charge in [-0.3, -0.25) is 25.2 Å². The van der Waals surface area contributed by atoms with E-state index in [0.717, 1.165) is 25.7 Å². The van der Waals surface area contributed by atoms with Crippen LogP contribution in [0.25, 0.3) is 0 Å². The number of hydrogen-bond acceptors (Lipinski definition) is 5. The molecule has 2 aromatic rings. The highest BCUT2D eigenvalue weighted by Crippen LogP contribution is 2.28. The molecule has 7 nitrogen and oxygen atoms in total. The average molecular weight is 416 g/mol. The number of para-hydroxylation sites is 1. The Morgan fingerprint density at radius 2 is 1.69 bits per heavy atom. The summed E-state index contributed by atoms with van der Waals surface area (Å²) in [7, 11) is 0. The number of amides is 3. The Bertz CT molecular complexity index is 825. The molecule has 0 unspecified atom stereocenters. The van der Waals surface area contributed by atoms with Gasteiger partial charge in [-0.15, -0.1) is 11.3 Å². The lowest BCUT2D eigenvalue weighted by Crippen LogP contribution is -2.46. The van der Waals surface area contributed by atoms with Gasteiger partial charge >= 0.3 is 0 Å². The molecular formula is C21H25N3O4S. The van der Waals surface area contributed by atoms with E-state index in [2.05, 4.69) is 16.2 Å². The van der Waals surface area contributed by atoms with E-state index in [-0.39, 0.29) is 19.1 Å². The summed E-state index contributed by atoms with van der Waals surface area (Å²) in [6, 6.07) is 10.9. The van der Waals surface area contributed by atoms with Gasteiger partial charge in [-0.2, -0.15) is 0 Å². The highest BCUT2D eigenvalue weighted by molar-refractivity contribution is 7.14. The lowest BCUT2D eigenvalue weighted by Gasteiger charge is -2.08. The van der Waals surface area contributed by atoms with Gasteiger partial charge in [0.05, 0.1) is 11.4 Å². The summed E-state index contributed by atoms with van der Waals surface area (Å²) in [6.45, 7) is -0.442. The molecule has 3 rings (SSSR count). The van der Waals surface area contributed by atoms with E-state index in [9.17, 15) is 14.4 Å². The number of carbonyl (C=O) groups excluding carboxylic acids is 3. The van der Waals surface area contributed by atoms with Crippen molar-refractivity contribution in [2.45, 2.75) is 38.5 Å². The normalized spacial score (nSPS) is 13.4. The quantitative estimate of drug-likeness (QED) is 0.631. The van der Waals surface area contributed by atoms with Crippen molar-refractivity contribution in [2.75, 3.05) is 13.2 Å². The third-order valence-corrected chi connectivity index (χ3v) is 5.83. The summed E-state index contributed by atoms with van der Waals surface area (Å²) in [4.78, 5) is 37.8. The third-order valence-electron chi connectivity index (χ3n) is 4.60. The van der Waals surface area contributed by atoms with Gasteiger partial charge in [0, 0.05) is 4.88 Å². The lowest BCUT2D eigenvalue weighted by molar-refractivity contribution is -0.127. The second kappa shape index (κ2) is 10.6. The molecule has 0 saturated heterocycles. The van der Waals surface area contributed by atoms with Gasteiger partial charge in [-0.1, -0.05) is 31.0 Å². The van der Waals surface area contributed by atoms with Crippen molar-refractivity contribution in [1.82, 2.24) is 16.2 Å². The number of fused-ring (bicyclic) bond motifs is 1. The van der Waals surface area contributed by atoms with Crippen LogP contribution in [0.5, 0.6) is 5.75 Å². The number of aryl methyl sites for hydroxylation is 2. The highest BCUT2D eigenvalue weighted by atomic mass is 32.1. The molecule has 3 N–H and O–H groups in total. The van der Waals surface area contributed by atoms with E-state index in [1.165, 1.54) is 34.6 Å². The first-order chi connectivity index (χ1) is 14.1. The van der Waals surface area contributed by atoms with Gasteiger partial charge in [0.1, 0.15) is 5.75 Å². The first-order valence-electron chi connectivity index (χ1n) is 9.77. The van der Waals surface area contributed by atoms with Crippen LogP contribution in [-0.2, 0) is 22.4 Å². The number of hydrogen-bond donors (Lipinski definition) is 3. The number of nitrogens with one attached hydrogen (secondary N) is 3. The maximum absolute atomic E-state index is 12.3. The first-order valence-corrected chi connectivity index (χ1v) is 10.6. The van der Waals surface area contributed by atoms with Crippen LogP contribution < -0.4 is 20.9 Å². The standard InChI is InChI=1S/C21H25N3O4S/c25-19(13-22-20(26)14-28-16-9-5-3-6-10-16)23-24-21(27)18-12-15-8-4-1-2-7-11-17(15)29-18/h3,5-6,9-10,12H,1-2,4,7-8,11,13-14H2,(H,22,26)(H,23,25)(H,24,27). The maximum Gasteiger partial charge on any atom is 0.279 e. The minimum atomic E-state index is -0.513. The fourth-order valence-corrected chi connectivity index (χ4v) is 4.23. The number of hydrazine groups is 1.